The average Bonchev–Trinajstić information content (AvgIpc) is 2.65. The second-order valence-corrected chi connectivity index (χ2v) is 3.44. The van der Waals surface area contributed by atoms with E-state index >= 15 is 0 Å². The van der Waals surface area contributed by atoms with E-state index < -0.39 is 5.97 Å². The van der Waals surface area contributed by atoms with E-state index in [0.29, 0.717) is 12.8 Å². The predicted molar refractivity (Wildman–Crippen MR) is 56.7 cm³/mol. The van der Waals surface area contributed by atoms with Crippen molar-refractivity contribution >= 4 is 16.9 Å². The number of hydrogen-bond donors (Lipinski definition) is 2. The Morgan fingerprint density at radius 1 is 1.47 bits per heavy atom. The summed E-state index contributed by atoms with van der Waals surface area (Å²) in [5, 5.41) is 9.62. The molecule has 0 aliphatic rings. The maximum Gasteiger partial charge on any atom is 0.303 e. The first-order valence-electron chi connectivity index (χ1n) is 4.90. The number of nitrogens with zero attached hydrogens (tertiary/aromatic N) is 1. The molecule has 0 amide bonds. The molecule has 2 heterocycles. The summed E-state index contributed by atoms with van der Waals surface area (Å²) in [6.07, 6.45) is 5.15. The molecule has 4 heteroatoms. The van der Waals surface area contributed by atoms with Gasteiger partial charge < -0.3 is 10.1 Å². The van der Waals surface area contributed by atoms with Crippen LogP contribution in [0, 0.1) is 0 Å². The van der Waals surface area contributed by atoms with E-state index in [1.165, 1.54) is 0 Å². The minimum atomic E-state index is -0.753. The number of pyridine rings is 1. The summed E-state index contributed by atoms with van der Waals surface area (Å²) in [5.74, 6) is -0.753. The summed E-state index contributed by atoms with van der Waals surface area (Å²) in [5.41, 5.74) is 2.02. The minimum Gasteiger partial charge on any atom is -0.481 e. The summed E-state index contributed by atoms with van der Waals surface area (Å²) in [7, 11) is 0. The largest absolute Gasteiger partial charge is 0.481 e. The van der Waals surface area contributed by atoms with Crippen LogP contribution in [0.2, 0.25) is 0 Å². The van der Waals surface area contributed by atoms with Crippen molar-refractivity contribution in [2.24, 2.45) is 0 Å². The van der Waals surface area contributed by atoms with Crippen LogP contribution < -0.4 is 0 Å². The van der Waals surface area contributed by atoms with Gasteiger partial charge in [-0.15, -0.1) is 0 Å². The summed E-state index contributed by atoms with van der Waals surface area (Å²) >= 11 is 0. The molecule has 15 heavy (non-hydrogen) atoms. The molecule has 78 valence electrons. The van der Waals surface area contributed by atoms with Gasteiger partial charge in [-0.3, -0.25) is 9.78 Å². The Morgan fingerprint density at radius 2 is 2.33 bits per heavy atom. The number of rotatable bonds is 4. The first-order chi connectivity index (χ1) is 7.27. The second-order valence-electron chi connectivity index (χ2n) is 3.44. The normalized spacial score (nSPS) is 10.7. The predicted octanol–water partition coefficient (Wildman–Crippen LogP) is 1.97. The number of hydrogen-bond acceptors (Lipinski definition) is 2. The molecular weight excluding hydrogens is 192 g/mol. The summed E-state index contributed by atoms with van der Waals surface area (Å²) in [4.78, 5) is 17.7. The number of carboxylic acids is 1. The van der Waals surface area contributed by atoms with E-state index in [9.17, 15) is 4.79 Å². The van der Waals surface area contributed by atoms with Gasteiger partial charge in [0.1, 0.15) is 0 Å². The molecule has 0 atom stereocenters. The van der Waals surface area contributed by atoms with Crippen LogP contribution in [0.1, 0.15) is 18.5 Å². The number of aromatic amines is 1. The number of aromatic nitrogens is 2. The SMILES string of the molecule is O=C(O)CCCc1nccc2[nH]ccc12. The van der Waals surface area contributed by atoms with Gasteiger partial charge in [-0.25, -0.2) is 0 Å². The number of aryl methyl sites for hydroxylation is 1. The number of nitrogens with one attached hydrogen (secondary N) is 1. The lowest BCUT2D eigenvalue weighted by Gasteiger charge is -2.00. The third-order valence-electron chi connectivity index (χ3n) is 2.37. The van der Waals surface area contributed by atoms with Crippen LogP contribution in [0.25, 0.3) is 10.9 Å². The van der Waals surface area contributed by atoms with Gasteiger partial charge in [0.2, 0.25) is 0 Å². The van der Waals surface area contributed by atoms with Crippen LogP contribution in [-0.2, 0) is 11.2 Å². The highest BCUT2D eigenvalue weighted by Gasteiger charge is 2.04. The van der Waals surface area contributed by atoms with Crippen molar-refractivity contribution in [1.29, 1.82) is 0 Å². The van der Waals surface area contributed by atoms with Crippen molar-refractivity contribution in [3.05, 3.63) is 30.2 Å². The van der Waals surface area contributed by atoms with Gasteiger partial charge in [-0.2, -0.15) is 0 Å². The molecule has 2 rings (SSSR count). The number of carboxylic acid groups (broad SMARTS) is 1. The summed E-state index contributed by atoms with van der Waals surface area (Å²) in [6.45, 7) is 0. The van der Waals surface area contributed by atoms with Crippen LogP contribution in [0.15, 0.2) is 24.5 Å². The monoisotopic (exact) mass is 204 g/mol. The summed E-state index contributed by atoms with van der Waals surface area (Å²) in [6, 6.07) is 3.88. The molecule has 0 saturated carbocycles. The minimum absolute atomic E-state index is 0.197. The molecule has 0 unspecified atom stereocenters. The zero-order chi connectivity index (χ0) is 10.7. The fraction of sp³-hybridized carbons (Fsp3) is 0.273. The van der Waals surface area contributed by atoms with Crippen molar-refractivity contribution in [3.63, 3.8) is 0 Å². The van der Waals surface area contributed by atoms with E-state index in [1.807, 2.05) is 18.3 Å². The molecule has 0 aliphatic heterocycles. The smallest absolute Gasteiger partial charge is 0.303 e. The zero-order valence-corrected chi connectivity index (χ0v) is 8.23. The van der Waals surface area contributed by atoms with Gasteiger partial charge >= 0.3 is 5.97 Å². The molecule has 0 fully saturated rings. The van der Waals surface area contributed by atoms with E-state index in [2.05, 4.69) is 9.97 Å². The summed E-state index contributed by atoms with van der Waals surface area (Å²) < 4.78 is 0. The second kappa shape index (κ2) is 4.13. The highest BCUT2D eigenvalue weighted by Crippen LogP contribution is 2.16. The van der Waals surface area contributed by atoms with Gasteiger partial charge in [0.05, 0.1) is 0 Å². The van der Waals surface area contributed by atoms with Gasteiger partial charge in [-0.1, -0.05) is 0 Å². The van der Waals surface area contributed by atoms with Crippen molar-refractivity contribution in [3.8, 4) is 0 Å². The van der Waals surface area contributed by atoms with E-state index in [1.54, 1.807) is 6.20 Å². The molecule has 0 bridgehead atoms. The Hall–Kier alpha value is -1.84. The van der Waals surface area contributed by atoms with Crippen molar-refractivity contribution < 1.29 is 9.90 Å². The Kier molecular flexibility index (Phi) is 2.67. The molecule has 2 aromatic rings. The van der Waals surface area contributed by atoms with Gasteiger partial charge in [0.25, 0.3) is 0 Å². The Morgan fingerprint density at radius 3 is 3.13 bits per heavy atom. The number of aliphatic carboxylic acids is 1. The Labute approximate surface area is 87.0 Å². The quantitative estimate of drug-likeness (QED) is 0.800. The Balaban J connectivity index is 2.13. The van der Waals surface area contributed by atoms with Crippen LogP contribution in [0.4, 0.5) is 0 Å². The maximum absolute atomic E-state index is 10.4. The molecule has 0 aliphatic carbocycles. The number of H-pyrrole nitrogens is 1. The van der Waals surface area contributed by atoms with Crippen LogP contribution in [0.3, 0.4) is 0 Å². The van der Waals surface area contributed by atoms with E-state index in [-0.39, 0.29) is 6.42 Å². The van der Waals surface area contributed by atoms with E-state index in [4.69, 9.17) is 5.11 Å². The van der Waals surface area contributed by atoms with Crippen LogP contribution >= 0.6 is 0 Å². The maximum atomic E-state index is 10.4. The molecule has 0 radical (unpaired) electrons. The molecule has 2 N–H and O–H groups in total. The Bertz CT molecular complexity index is 476. The molecule has 2 aromatic heterocycles. The lowest BCUT2D eigenvalue weighted by atomic mass is 10.1. The van der Waals surface area contributed by atoms with Crippen molar-refractivity contribution in [1.82, 2.24) is 9.97 Å². The molecule has 0 saturated heterocycles. The number of fused-ring (bicyclic) bond motifs is 1. The fourth-order valence-electron chi connectivity index (χ4n) is 1.65. The third kappa shape index (κ3) is 2.15. The highest BCUT2D eigenvalue weighted by atomic mass is 16.4. The topological polar surface area (TPSA) is 66.0 Å². The standard InChI is InChI=1S/C11H12N2O2/c14-11(15)3-1-2-9-8-4-6-12-10(8)5-7-13-9/h4-7,12H,1-3H2,(H,14,15). The van der Waals surface area contributed by atoms with Crippen LogP contribution in [0.5, 0.6) is 0 Å². The van der Waals surface area contributed by atoms with Gasteiger partial charge in [-0.05, 0) is 25.0 Å². The lowest BCUT2D eigenvalue weighted by molar-refractivity contribution is -0.137. The molecule has 4 nitrogen and oxygen atoms in total. The number of carbonyl (C=O) groups is 1. The first kappa shape index (κ1) is 9.71. The van der Waals surface area contributed by atoms with Crippen molar-refractivity contribution in [2.75, 3.05) is 0 Å². The third-order valence-corrected chi connectivity index (χ3v) is 2.37. The van der Waals surface area contributed by atoms with Gasteiger partial charge in [0.15, 0.2) is 0 Å². The highest BCUT2D eigenvalue weighted by molar-refractivity contribution is 5.81. The van der Waals surface area contributed by atoms with E-state index in [0.717, 1.165) is 16.6 Å². The average molecular weight is 204 g/mol. The molecule has 0 spiro atoms. The zero-order valence-electron chi connectivity index (χ0n) is 8.23. The first-order valence-corrected chi connectivity index (χ1v) is 4.90. The van der Waals surface area contributed by atoms with Crippen LogP contribution in [-0.4, -0.2) is 21.0 Å². The molecule has 0 aromatic carbocycles. The van der Waals surface area contributed by atoms with Crippen molar-refractivity contribution in [2.45, 2.75) is 19.3 Å². The lowest BCUT2D eigenvalue weighted by Crippen LogP contribution is -1.97. The molecular formula is C11H12N2O2. The van der Waals surface area contributed by atoms with Gasteiger partial charge in [0, 0.05) is 35.4 Å². The fourth-order valence-corrected chi connectivity index (χ4v) is 1.65.